The summed E-state index contributed by atoms with van der Waals surface area (Å²) in [7, 11) is 0. The van der Waals surface area contributed by atoms with Crippen molar-refractivity contribution in [2.75, 3.05) is 6.61 Å². The third kappa shape index (κ3) is 3.14. The molecule has 1 amide bonds. The third-order valence-electron chi connectivity index (χ3n) is 5.33. The number of rotatable bonds is 5. The molecule has 1 aliphatic heterocycles. The van der Waals surface area contributed by atoms with Gasteiger partial charge in [-0.15, -0.1) is 0 Å². The first kappa shape index (κ1) is 17.2. The standard InChI is InChI=1S/C20H24FN3O2/c1-12(2)24-18(7-9-22-24)19-14(8-10-26-19)20(25)23-17-11-15(17)13-5-3-4-6-16(13)21/h3-7,9,12,14-15,17,19H,8,10-11H2,1-2H3,(H,23,25)/t14-,15+,17-,19-/m0/s1. The van der Waals surface area contributed by atoms with Gasteiger partial charge in [-0.25, -0.2) is 4.39 Å². The molecule has 26 heavy (non-hydrogen) atoms. The van der Waals surface area contributed by atoms with Gasteiger partial charge in [0.1, 0.15) is 11.9 Å². The molecule has 0 spiro atoms. The molecule has 138 valence electrons. The van der Waals surface area contributed by atoms with Crippen molar-refractivity contribution < 1.29 is 13.9 Å². The van der Waals surface area contributed by atoms with Gasteiger partial charge in [0.15, 0.2) is 0 Å². The highest BCUT2D eigenvalue weighted by Gasteiger charge is 2.44. The Kier molecular flexibility index (Phi) is 4.53. The van der Waals surface area contributed by atoms with Gasteiger partial charge >= 0.3 is 0 Å². The maximum absolute atomic E-state index is 13.9. The molecule has 4 atom stereocenters. The lowest BCUT2D eigenvalue weighted by Gasteiger charge is -2.21. The predicted molar refractivity (Wildman–Crippen MR) is 95.1 cm³/mol. The number of hydrogen-bond acceptors (Lipinski definition) is 3. The first-order valence-corrected chi connectivity index (χ1v) is 9.26. The second-order valence-corrected chi connectivity index (χ2v) is 7.46. The second kappa shape index (κ2) is 6.83. The quantitative estimate of drug-likeness (QED) is 0.893. The van der Waals surface area contributed by atoms with E-state index in [1.807, 2.05) is 16.8 Å². The molecule has 1 N–H and O–H groups in total. The molecule has 0 unspecified atom stereocenters. The summed E-state index contributed by atoms with van der Waals surface area (Å²) in [4.78, 5) is 12.8. The summed E-state index contributed by atoms with van der Waals surface area (Å²) < 4.78 is 21.7. The number of ether oxygens (including phenoxy) is 1. The van der Waals surface area contributed by atoms with Crippen molar-refractivity contribution in [1.29, 1.82) is 0 Å². The first-order chi connectivity index (χ1) is 12.6. The van der Waals surface area contributed by atoms with Crippen LogP contribution in [0.3, 0.4) is 0 Å². The lowest BCUT2D eigenvalue weighted by molar-refractivity contribution is -0.127. The molecule has 1 aliphatic carbocycles. The van der Waals surface area contributed by atoms with E-state index in [2.05, 4.69) is 24.3 Å². The largest absolute Gasteiger partial charge is 0.371 e. The number of nitrogens with zero attached hydrogens (tertiary/aromatic N) is 2. The number of hydrogen-bond donors (Lipinski definition) is 1. The van der Waals surface area contributed by atoms with Crippen molar-refractivity contribution in [2.24, 2.45) is 5.92 Å². The van der Waals surface area contributed by atoms with Crippen molar-refractivity contribution >= 4 is 5.91 Å². The molecular formula is C20H24FN3O2. The van der Waals surface area contributed by atoms with E-state index in [1.54, 1.807) is 18.3 Å². The van der Waals surface area contributed by atoms with Crippen LogP contribution in [-0.2, 0) is 9.53 Å². The predicted octanol–water partition coefficient (Wildman–Crippen LogP) is 3.35. The van der Waals surface area contributed by atoms with Crippen molar-refractivity contribution in [3.8, 4) is 0 Å². The molecule has 1 aromatic heterocycles. The van der Waals surface area contributed by atoms with Crippen LogP contribution in [0.15, 0.2) is 36.5 Å². The number of nitrogens with one attached hydrogen (secondary N) is 1. The van der Waals surface area contributed by atoms with Crippen LogP contribution < -0.4 is 5.32 Å². The maximum atomic E-state index is 13.9. The fourth-order valence-electron chi connectivity index (χ4n) is 3.89. The van der Waals surface area contributed by atoms with Crippen LogP contribution in [0.5, 0.6) is 0 Å². The molecule has 6 heteroatoms. The molecule has 1 aromatic carbocycles. The monoisotopic (exact) mass is 357 g/mol. The molecule has 1 saturated heterocycles. The molecule has 2 aromatic rings. The SMILES string of the molecule is CC(C)n1nccc1[C@H]1OCC[C@@H]1C(=O)N[C@H]1C[C@@H]1c1ccccc1F. The van der Waals surface area contributed by atoms with Crippen molar-refractivity contribution in [2.45, 2.75) is 50.8 Å². The summed E-state index contributed by atoms with van der Waals surface area (Å²) in [5.41, 5.74) is 1.63. The Labute approximate surface area is 152 Å². The topological polar surface area (TPSA) is 56.2 Å². The summed E-state index contributed by atoms with van der Waals surface area (Å²) in [5, 5.41) is 7.45. The van der Waals surface area contributed by atoms with Crippen LogP contribution in [0.2, 0.25) is 0 Å². The van der Waals surface area contributed by atoms with E-state index in [0.29, 0.717) is 18.6 Å². The number of aromatic nitrogens is 2. The molecule has 2 heterocycles. The zero-order chi connectivity index (χ0) is 18.3. The zero-order valence-electron chi connectivity index (χ0n) is 15.1. The summed E-state index contributed by atoms with van der Waals surface area (Å²) >= 11 is 0. The Morgan fingerprint density at radius 1 is 1.35 bits per heavy atom. The van der Waals surface area contributed by atoms with Gasteiger partial charge < -0.3 is 10.1 Å². The number of carbonyl (C=O) groups is 1. The second-order valence-electron chi connectivity index (χ2n) is 7.46. The molecule has 0 radical (unpaired) electrons. The molecule has 0 bridgehead atoms. The maximum Gasteiger partial charge on any atom is 0.226 e. The third-order valence-corrected chi connectivity index (χ3v) is 5.33. The van der Waals surface area contributed by atoms with Gasteiger partial charge in [-0.2, -0.15) is 5.10 Å². The summed E-state index contributed by atoms with van der Waals surface area (Å²) in [6.45, 7) is 4.68. The summed E-state index contributed by atoms with van der Waals surface area (Å²) in [6, 6.07) is 8.94. The van der Waals surface area contributed by atoms with E-state index in [-0.39, 0.29) is 41.7 Å². The van der Waals surface area contributed by atoms with Gasteiger partial charge in [-0.1, -0.05) is 18.2 Å². The Morgan fingerprint density at radius 2 is 2.15 bits per heavy atom. The van der Waals surface area contributed by atoms with E-state index in [4.69, 9.17) is 4.74 Å². The van der Waals surface area contributed by atoms with E-state index in [0.717, 1.165) is 12.1 Å². The normalized spacial score (nSPS) is 27.7. The highest BCUT2D eigenvalue weighted by atomic mass is 19.1. The minimum Gasteiger partial charge on any atom is -0.371 e. The molecule has 4 rings (SSSR count). The number of carbonyl (C=O) groups excluding carboxylic acids is 1. The first-order valence-electron chi connectivity index (χ1n) is 9.26. The highest BCUT2D eigenvalue weighted by Crippen LogP contribution is 2.43. The average molecular weight is 357 g/mol. The van der Waals surface area contributed by atoms with Crippen molar-refractivity contribution in [1.82, 2.24) is 15.1 Å². The van der Waals surface area contributed by atoms with Crippen LogP contribution in [-0.4, -0.2) is 28.3 Å². The van der Waals surface area contributed by atoms with Gasteiger partial charge in [0.25, 0.3) is 0 Å². The van der Waals surface area contributed by atoms with Gasteiger partial charge in [-0.3, -0.25) is 9.48 Å². The zero-order valence-corrected chi connectivity index (χ0v) is 15.1. The number of halogens is 1. The van der Waals surface area contributed by atoms with Crippen molar-refractivity contribution in [3.63, 3.8) is 0 Å². The number of amides is 1. The molecule has 1 saturated carbocycles. The van der Waals surface area contributed by atoms with Crippen molar-refractivity contribution in [3.05, 3.63) is 53.6 Å². The Balaban J connectivity index is 1.44. The van der Waals surface area contributed by atoms with Gasteiger partial charge in [0.2, 0.25) is 5.91 Å². The molecule has 2 aliphatic rings. The van der Waals surface area contributed by atoms with Gasteiger partial charge in [0.05, 0.1) is 11.6 Å². The van der Waals surface area contributed by atoms with Crippen LogP contribution >= 0.6 is 0 Å². The van der Waals surface area contributed by atoms with E-state index in [9.17, 15) is 9.18 Å². The van der Waals surface area contributed by atoms with Gasteiger partial charge in [0, 0.05) is 30.8 Å². The fourth-order valence-corrected chi connectivity index (χ4v) is 3.89. The van der Waals surface area contributed by atoms with Crippen LogP contribution in [0.25, 0.3) is 0 Å². The van der Waals surface area contributed by atoms with Crippen LogP contribution in [0.1, 0.15) is 56.0 Å². The molecule has 2 fully saturated rings. The van der Waals surface area contributed by atoms with E-state index < -0.39 is 0 Å². The van der Waals surface area contributed by atoms with Crippen LogP contribution in [0, 0.1) is 11.7 Å². The number of benzene rings is 1. The highest BCUT2D eigenvalue weighted by molar-refractivity contribution is 5.80. The smallest absolute Gasteiger partial charge is 0.226 e. The minimum atomic E-state index is -0.273. The lowest BCUT2D eigenvalue weighted by Crippen LogP contribution is -2.35. The van der Waals surface area contributed by atoms with Gasteiger partial charge in [-0.05, 0) is 44.4 Å². The van der Waals surface area contributed by atoms with E-state index >= 15 is 0 Å². The Hall–Kier alpha value is -2.21. The summed E-state index contributed by atoms with van der Waals surface area (Å²) in [5.74, 6) is -0.363. The van der Waals surface area contributed by atoms with Crippen LogP contribution in [0.4, 0.5) is 4.39 Å². The Morgan fingerprint density at radius 3 is 2.92 bits per heavy atom. The minimum absolute atomic E-state index is 0.00662. The Bertz CT molecular complexity index is 804. The molecular weight excluding hydrogens is 333 g/mol. The fraction of sp³-hybridized carbons (Fsp3) is 0.500. The molecule has 5 nitrogen and oxygen atoms in total. The van der Waals surface area contributed by atoms with E-state index in [1.165, 1.54) is 6.07 Å². The lowest BCUT2D eigenvalue weighted by atomic mass is 9.97. The average Bonchev–Trinajstić information content (AvgIpc) is 3.04. The summed E-state index contributed by atoms with van der Waals surface area (Å²) in [6.07, 6.45) is 2.96.